The minimum absolute atomic E-state index is 0.339. The zero-order valence-electron chi connectivity index (χ0n) is 15.7. The van der Waals surface area contributed by atoms with Crippen molar-refractivity contribution in [1.82, 2.24) is 0 Å². The van der Waals surface area contributed by atoms with Gasteiger partial charge in [0.15, 0.2) is 5.90 Å². The van der Waals surface area contributed by atoms with Crippen molar-refractivity contribution in [2.24, 2.45) is 16.8 Å². The van der Waals surface area contributed by atoms with Crippen LogP contribution in [0.5, 0.6) is 0 Å². The van der Waals surface area contributed by atoms with E-state index < -0.39 is 7.92 Å². The molecule has 0 N–H and O–H groups in total. The van der Waals surface area contributed by atoms with Gasteiger partial charge in [-0.2, -0.15) is 0 Å². The molecule has 3 heteroatoms. The van der Waals surface area contributed by atoms with Gasteiger partial charge in [-0.25, -0.2) is 4.99 Å². The van der Waals surface area contributed by atoms with E-state index in [2.05, 4.69) is 74.5 Å². The molecule has 136 valence electrons. The van der Waals surface area contributed by atoms with E-state index in [0.717, 1.165) is 12.5 Å². The molecule has 1 fully saturated rings. The smallest absolute Gasteiger partial charge is 0.187 e. The zero-order valence-corrected chi connectivity index (χ0v) is 16.6. The van der Waals surface area contributed by atoms with Crippen molar-refractivity contribution < 1.29 is 4.74 Å². The summed E-state index contributed by atoms with van der Waals surface area (Å²) in [5.74, 6) is 2.08. The number of hydrogen-bond donors (Lipinski definition) is 0. The summed E-state index contributed by atoms with van der Waals surface area (Å²) in [4.78, 5) is 4.99. The van der Waals surface area contributed by atoms with Crippen LogP contribution in [-0.4, -0.2) is 24.2 Å². The summed E-state index contributed by atoms with van der Waals surface area (Å²) in [6.45, 7) is 5.26. The third kappa shape index (κ3) is 3.58. The number of nitrogens with zero attached hydrogens (tertiary/aromatic N) is 1. The number of hydrogen-bond acceptors (Lipinski definition) is 2. The van der Waals surface area contributed by atoms with Gasteiger partial charge in [0.25, 0.3) is 0 Å². The summed E-state index contributed by atoms with van der Waals surface area (Å²) in [5, 5.41) is 2.95. The van der Waals surface area contributed by atoms with E-state index in [9.17, 15) is 0 Å². The Morgan fingerprint density at radius 1 is 0.923 bits per heavy atom. The van der Waals surface area contributed by atoms with Gasteiger partial charge in [0.1, 0.15) is 6.61 Å². The summed E-state index contributed by atoms with van der Waals surface area (Å²) in [6, 6.07) is 22.5. The van der Waals surface area contributed by atoms with E-state index in [4.69, 9.17) is 9.73 Å². The molecular weight excluding hydrogens is 337 g/mol. The summed E-state index contributed by atoms with van der Waals surface area (Å²) in [6.07, 6.45) is 3.77. The Hall–Kier alpha value is -1.66. The Kier molecular flexibility index (Phi) is 5.41. The van der Waals surface area contributed by atoms with Crippen LogP contribution >= 0.6 is 7.92 Å². The third-order valence-electron chi connectivity index (χ3n) is 5.66. The summed E-state index contributed by atoms with van der Waals surface area (Å²) in [7, 11) is -0.398. The van der Waals surface area contributed by atoms with Crippen LogP contribution < -0.4 is 10.6 Å². The van der Waals surface area contributed by atoms with E-state index in [0.29, 0.717) is 23.5 Å². The van der Waals surface area contributed by atoms with Crippen LogP contribution in [0.3, 0.4) is 0 Å². The highest BCUT2D eigenvalue weighted by Gasteiger charge is 2.40. The first kappa shape index (κ1) is 17.7. The van der Waals surface area contributed by atoms with Crippen LogP contribution in [0.2, 0.25) is 0 Å². The van der Waals surface area contributed by atoms with E-state index >= 15 is 0 Å². The van der Waals surface area contributed by atoms with Crippen LogP contribution in [0, 0.1) is 11.8 Å². The highest BCUT2D eigenvalue weighted by atomic mass is 31.1. The molecule has 1 aliphatic heterocycles. The van der Waals surface area contributed by atoms with Crippen molar-refractivity contribution in [3.63, 3.8) is 0 Å². The SMILES string of the molecule is CC(C)C1COC(C2CCC[C@H]2P(c2ccccc2)c2ccccc2)=N1. The molecule has 0 bridgehead atoms. The van der Waals surface area contributed by atoms with Crippen molar-refractivity contribution in [2.75, 3.05) is 6.61 Å². The third-order valence-corrected chi connectivity index (χ3v) is 8.65. The van der Waals surface area contributed by atoms with Crippen LogP contribution in [0.15, 0.2) is 65.7 Å². The molecule has 0 amide bonds. The van der Waals surface area contributed by atoms with E-state index in [1.807, 2.05) is 0 Å². The monoisotopic (exact) mass is 365 g/mol. The van der Waals surface area contributed by atoms with Crippen molar-refractivity contribution in [3.05, 3.63) is 60.7 Å². The van der Waals surface area contributed by atoms with Crippen LogP contribution in [0.4, 0.5) is 0 Å². The van der Waals surface area contributed by atoms with Crippen LogP contribution in [0.25, 0.3) is 0 Å². The standard InChI is InChI=1S/C23H28NOP/c1-17(2)21-16-25-23(24-21)20-14-9-15-22(20)26(18-10-5-3-6-11-18)19-12-7-4-8-13-19/h3-8,10-13,17,20-22H,9,14-16H2,1-2H3/t20?,21?,22-/m1/s1. The Labute approximate surface area is 158 Å². The first-order chi connectivity index (χ1) is 12.7. The summed E-state index contributed by atoms with van der Waals surface area (Å²) < 4.78 is 6.12. The fourth-order valence-electron chi connectivity index (χ4n) is 4.20. The molecule has 0 saturated heterocycles. The average Bonchev–Trinajstić information content (AvgIpc) is 3.33. The maximum absolute atomic E-state index is 6.12. The maximum atomic E-state index is 6.12. The predicted octanol–water partition coefficient (Wildman–Crippen LogP) is 4.74. The lowest BCUT2D eigenvalue weighted by Crippen LogP contribution is -2.29. The lowest BCUT2D eigenvalue weighted by molar-refractivity contribution is 0.277. The van der Waals surface area contributed by atoms with Gasteiger partial charge < -0.3 is 4.74 Å². The number of benzene rings is 2. The molecule has 2 unspecified atom stereocenters. The molecule has 1 saturated carbocycles. The Bertz CT molecular complexity index is 704. The van der Waals surface area contributed by atoms with E-state index in [1.54, 1.807) is 0 Å². The van der Waals surface area contributed by atoms with Gasteiger partial charge in [-0.05, 0) is 42.9 Å². The van der Waals surface area contributed by atoms with Crippen molar-refractivity contribution >= 4 is 24.4 Å². The lowest BCUT2D eigenvalue weighted by atomic mass is 10.1. The van der Waals surface area contributed by atoms with Crippen molar-refractivity contribution in [3.8, 4) is 0 Å². The minimum Gasteiger partial charge on any atom is -0.478 e. The highest BCUT2D eigenvalue weighted by Crippen LogP contribution is 2.51. The van der Waals surface area contributed by atoms with Gasteiger partial charge in [0.2, 0.25) is 0 Å². The molecule has 2 nitrogen and oxygen atoms in total. The lowest BCUT2D eigenvalue weighted by Gasteiger charge is -2.29. The highest BCUT2D eigenvalue weighted by molar-refractivity contribution is 7.73. The van der Waals surface area contributed by atoms with Gasteiger partial charge in [0, 0.05) is 5.92 Å². The normalized spacial score (nSPS) is 25.5. The molecule has 4 rings (SSSR count). The van der Waals surface area contributed by atoms with Crippen molar-refractivity contribution in [1.29, 1.82) is 0 Å². The first-order valence-electron chi connectivity index (χ1n) is 9.84. The molecule has 2 aromatic rings. The summed E-state index contributed by atoms with van der Waals surface area (Å²) in [5.41, 5.74) is 0.625. The second kappa shape index (κ2) is 7.92. The first-order valence-corrected chi connectivity index (χ1v) is 11.2. The van der Waals surface area contributed by atoms with E-state index in [-0.39, 0.29) is 0 Å². The fraction of sp³-hybridized carbons (Fsp3) is 0.435. The van der Waals surface area contributed by atoms with Crippen molar-refractivity contribution in [2.45, 2.75) is 44.8 Å². The minimum atomic E-state index is -0.398. The molecule has 26 heavy (non-hydrogen) atoms. The zero-order chi connectivity index (χ0) is 17.9. The molecule has 2 aromatic carbocycles. The Morgan fingerprint density at radius 2 is 1.54 bits per heavy atom. The molecule has 0 radical (unpaired) electrons. The molecule has 1 aliphatic carbocycles. The van der Waals surface area contributed by atoms with Crippen LogP contribution in [-0.2, 0) is 4.74 Å². The number of aliphatic imine (C=N–C) groups is 1. The van der Waals surface area contributed by atoms with Gasteiger partial charge >= 0.3 is 0 Å². The molecular formula is C23H28NOP. The largest absolute Gasteiger partial charge is 0.478 e. The second-order valence-electron chi connectivity index (χ2n) is 7.74. The molecule has 1 heterocycles. The van der Waals surface area contributed by atoms with Gasteiger partial charge in [-0.3, -0.25) is 0 Å². The summed E-state index contributed by atoms with van der Waals surface area (Å²) >= 11 is 0. The topological polar surface area (TPSA) is 21.6 Å². The molecule has 0 spiro atoms. The van der Waals surface area contributed by atoms with Gasteiger partial charge in [-0.15, -0.1) is 0 Å². The Morgan fingerprint density at radius 3 is 2.08 bits per heavy atom. The average molecular weight is 365 g/mol. The number of ether oxygens (including phenoxy) is 1. The quantitative estimate of drug-likeness (QED) is 0.701. The second-order valence-corrected chi connectivity index (χ2v) is 10.2. The van der Waals surface area contributed by atoms with Gasteiger partial charge in [-0.1, -0.05) is 80.9 Å². The van der Waals surface area contributed by atoms with E-state index in [1.165, 1.54) is 29.9 Å². The number of rotatable bonds is 5. The molecule has 0 aromatic heterocycles. The molecule has 2 aliphatic rings. The van der Waals surface area contributed by atoms with Crippen LogP contribution in [0.1, 0.15) is 33.1 Å². The Balaban J connectivity index is 1.68. The predicted molar refractivity (Wildman–Crippen MR) is 112 cm³/mol. The maximum Gasteiger partial charge on any atom is 0.187 e. The van der Waals surface area contributed by atoms with Gasteiger partial charge in [0.05, 0.1) is 6.04 Å². The molecule has 3 atom stereocenters. The fourth-order valence-corrected chi connectivity index (χ4v) is 7.33.